The van der Waals surface area contributed by atoms with Crippen LogP contribution in [0.5, 0.6) is 17.2 Å². The molecule has 0 bridgehead atoms. The Kier molecular flexibility index (Phi) is 7.25. The Morgan fingerprint density at radius 2 is 1.07 bits per heavy atom. The van der Waals surface area contributed by atoms with E-state index in [0.717, 1.165) is 31.2 Å². The van der Waals surface area contributed by atoms with E-state index in [0.29, 0.717) is 17.7 Å². The zero-order chi connectivity index (χ0) is 34.3. The second kappa shape index (κ2) is 10.2. The molecule has 0 aliphatic carbocycles. The van der Waals surface area contributed by atoms with Crippen molar-refractivity contribution in [2.75, 3.05) is 0 Å². The van der Waals surface area contributed by atoms with E-state index >= 15 is 0 Å². The molecule has 2 aliphatic heterocycles. The molecule has 5 rings (SSSR count). The number of phenolic OH excluding ortho intramolecular Hbond substituents is 1. The number of halogens is 12. The number of benzene rings is 3. The zero-order valence-electron chi connectivity index (χ0n) is 22.8. The van der Waals surface area contributed by atoms with E-state index in [1.165, 1.54) is 13.0 Å². The summed E-state index contributed by atoms with van der Waals surface area (Å²) in [7, 11) is 0. The van der Waals surface area contributed by atoms with Gasteiger partial charge < -0.3 is 19.3 Å². The summed E-state index contributed by atoms with van der Waals surface area (Å²) in [5.41, 5.74) is -15.3. The van der Waals surface area contributed by atoms with Gasteiger partial charge in [-0.3, -0.25) is 0 Å². The van der Waals surface area contributed by atoms with Gasteiger partial charge in [0.05, 0.1) is 16.9 Å². The fourth-order valence-electron chi connectivity index (χ4n) is 4.95. The van der Waals surface area contributed by atoms with Crippen LogP contribution in [0, 0.1) is 6.92 Å². The first-order valence-corrected chi connectivity index (χ1v) is 12.6. The van der Waals surface area contributed by atoms with Crippen molar-refractivity contribution in [1.29, 1.82) is 0 Å². The van der Waals surface area contributed by atoms with Gasteiger partial charge in [-0.1, -0.05) is 6.07 Å². The lowest BCUT2D eigenvalue weighted by Gasteiger charge is -2.40. The van der Waals surface area contributed by atoms with E-state index in [-0.39, 0.29) is 12.1 Å². The summed E-state index contributed by atoms with van der Waals surface area (Å²) in [5.74, 6) is -4.71. The molecule has 2 aliphatic rings. The molecule has 2 heterocycles. The third-order valence-corrected chi connectivity index (χ3v) is 6.96. The van der Waals surface area contributed by atoms with Gasteiger partial charge in [0, 0.05) is 18.1 Å². The van der Waals surface area contributed by atoms with Gasteiger partial charge in [0.25, 0.3) is 0 Å². The summed E-state index contributed by atoms with van der Waals surface area (Å²) in [6, 6.07) is 6.56. The molecule has 3 aromatic rings. The monoisotopic (exact) mass is 672 g/mol. The van der Waals surface area contributed by atoms with Gasteiger partial charge in [0.15, 0.2) is 5.90 Å². The number of phenols is 1. The Morgan fingerprint density at radius 1 is 0.609 bits per heavy atom. The lowest BCUT2D eigenvalue weighted by atomic mass is 9.88. The first-order chi connectivity index (χ1) is 21.0. The molecule has 0 radical (unpaired) electrons. The molecule has 6 nitrogen and oxygen atoms in total. The maximum atomic E-state index is 14.5. The lowest BCUT2D eigenvalue weighted by molar-refractivity contribution is -0.371. The Bertz CT molecular complexity index is 1740. The smallest absolute Gasteiger partial charge is 0.442 e. The number of hydrogen-bond donors (Lipinski definition) is 1. The minimum absolute atomic E-state index is 0.185. The van der Waals surface area contributed by atoms with Gasteiger partial charge in [-0.15, -0.1) is 0 Å². The van der Waals surface area contributed by atoms with Gasteiger partial charge in [-0.2, -0.15) is 52.7 Å². The van der Waals surface area contributed by atoms with Gasteiger partial charge in [0.1, 0.15) is 17.2 Å². The molecule has 0 saturated heterocycles. The van der Waals surface area contributed by atoms with Gasteiger partial charge in [-0.25, -0.2) is 9.98 Å². The minimum Gasteiger partial charge on any atom is -0.507 e. The summed E-state index contributed by atoms with van der Waals surface area (Å²) in [6.07, 6.45) is -24.7. The number of aryl methyl sites for hydroxylation is 1. The van der Waals surface area contributed by atoms with E-state index in [2.05, 4.69) is 19.5 Å². The molecule has 46 heavy (non-hydrogen) atoms. The molecule has 0 amide bonds. The summed E-state index contributed by atoms with van der Waals surface area (Å²) < 4.78 is 185. The second-order valence-electron chi connectivity index (χ2n) is 10.1. The van der Waals surface area contributed by atoms with Crippen LogP contribution in [0.2, 0.25) is 0 Å². The summed E-state index contributed by atoms with van der Waals surface area (Å²) >= 11 is 0. The van der Waals surface area contributed by atoms with E-state index < -0.39 is 93.0 Å². The number of alkyl halides is 12. The van der Waals surface area contributed by atoms with Crippen LogP contribution < -0.4 is 4.74 Å². The van der Waals surface area contributed by atoms with Gasteiger partial charge >= 0.3 is 35.9 Å². The van der Waals surface area contributed by atoms with E-state index in [1.807, 2.05) is 0 Å². The molecule has 0 unspecified atom stereocenters. The number of nitrogens with zero attached hydrogens (tertiary/aromatic N) is 2. The van der Waals surface area contributed by atoms with Crippen LogP contribution in [0.4, 0.5) is 64.1 Å². The SMILES string of the molecule is CC1=Nc2ccc(Oc3ccc4c(c3)C(C(F)(F)F)(C(F)(F)F)OC(c3ccc(C)cc3O)=N4)cc2C(C(F)(F)F)(C(F)(F)F)O1. The fourth-order valence-corrected chi connectivity index (χ4v) is 4.95. The van der Waals surface area contributed by atoms with Crippen LogP contribution in [0.3, 0.4) is 0 Å². The standard InChI is InChI=1S/C28H16F12N2O4/c1-12-3-6-16(21(43)9-12)22-42-20-8-5-15(11-18(20)24(46-22,27(35,36)37)28(38,39)40)44-14-4-7-19-17(10-14)23(25(29,30)31,26(32,33)34)45-13(2)41-19/h3-11,43H,1-2H3. The molecular formula is C28H16F12N2O4. The molecule has 0 atom stereocenters. The maximum Gasteiger partial charge on any atom is 0.442 e. The first kappa shape index (κ1) is 32.7. The third-order valence-electron chi connectivity index (χ3n) is 6.96. The van der Waals surface area contributed by atoms with Crippen LogP contribution in [0.1, 0.15) is 29.2 Å². The minimum atomic E-state index is -6.24. The van der Waals surface area contributed by atoms with Crippen LogP contribution in [-0.2, 0) is 20.7 Å². The molecule has 0 fully saturated rings. The van der Waals surface area contributed by atoms with E-state index in [1.54, 1.807) is 0 Å². The van der Waals surface area contributed by atoms with Crippen molar-refractivity contribution in [3.05, 3.63) is 76.9 Å². The number of aliphatic imine (C=N–C) groups is 2. The van der Waals surface area contributed by atoms with Gasteiger partial charge in [0.2, 0.25) is 5.90 Å². The average molecular weight is 672 g/mol. The quantitative estimate of drug-likeness (QED) is 0.282. The molecule has 0 saturated carbocycles. The highest BCUT2D eigenvalue weighted by Crippen LogP contribution is 2.59. The topological polar surface area (TPSA) is 72.6 Å². The number of ether oxygens (including phenoxy) is 3. The number of rotatable bonds is 3. The fraction of sp³-hybridized carbons (Fsp3) is 0.286. The van der Waals surface area contributed by atoms with Crippen LogP contribution in [0.25, 0.3) is 0 Å². The van der Waals surface area contributed by atoms with Crippen LogP contribution in [-0.4, -0.2) is 41.6 Å². The lowest BCUT2D eigenvalue weighted by Crippen LogP contribution is -2.58. The van der Waals surface area contributed by atoms with Crippen LogP contribution >= 0.6 is 0 Å². The number of aromatic hydroxyl groups is 1. The Balaban J connectivity index is 1.67. The largest absolute Gasteiger partial charge is 0.507 e. The Hall–Kier alpha value is -4.64. The highest BCUT2D eigenvalue weighted by molar-refractivity contribution is 6.00. The van der Waals surface area contributed by atoms with E-state index in [4.69, 9.17) is 4.74 Å². The zero-order valence-corrected chi connectivity index (χ0v) is 22.8. The molecule has 1 N–H and O–H groups in total. The van der Waals surface area contributed by atoms with Crippen LogP contribution in [0.15, 0.2) is 64.6 Å². The molecular weight excluding hydrogens is 656 g/mol. The van der Waals surface area contributed by atoms with Crippen molar-refractivity contribution in [1.82, 2.24) is 0 Å². The van der Waals surface area contributed by atoms with Crippen molar-refractivity contribution in [3.63, 3.8) is 0 Å². The number of hydrogen-bond acceptors (Lipinski definition) is 6. The third kappa shape index (κ3) is 4.93. The molecule has 0 spiro atoms. The van der Waals surface area contributed by atoms with Crippen molar-refractivity contribution in [2.45, 2.75) is 49.8 Å². The normalized spacial score (nSPS) is 17.5. The van der Waals surface area contributed by atoms with E-state index in [9.17, 15) is 57.8 Å². The number of fused-ring (bicyclic) bond motifs is 2. The molecule has 3 aromatic carbocycles. The van der Waals surface area contributed by atoms with Crippen molar-refractivity contribution in [3.8, 4) is 17.2 Å². The Labute approximate surface area is 249 Å². The first-order valence-electron chi connectivity index (χ1n) is 12.6. The summed E-state index contributed by atoms with van der Waals surface area (Å²) in [6.45, 7) is 2.23. The van der Waals surface area contributed by atoms with Crippen molar-refractivity contribution in [2.24, 2.45) is 9.98 Å². The highest BCUT2D eigenvalue weighted by atomic mass is 19.4. The maximum absolute atomic E-state index is 14.5. The van der Waals surface area contributed by atoms with Gasteiger partial charge in [-0.05, 0) is 61.0 Å². The van der Waals surface area contributed by atoms with Crippen molar-refractivity contribution < 1.29 is 72.0 Å². The molecule has 18 heteroatoms. The second-order valence-corrected chi connectivity index (χ2v) is 10.1. The molecule has 0 aromatic heterocycles. The summed E-state index contributed by atoms with van der Waals surface area (Å²) in [5, 5.41) is 10.2. The van der Waals surface area contributed by atoms with Crippen molar-refractivity contribution >= 4 is 23.2 Å². The Morgan fingerprint density at radius 3 is 1.52 bits per heavy atom. The summed E-state index contributed by atoms with van der Waals surface area (Å²) in [4.78, 5) is 7.24. The average Bonchev–Trinajstić information content (AvgIpc) is 2.89. The predicted octanol–water partition coefficient (Wildman–Crippen LogP) is 9.32. The highest BCUT2D eigenvalue weighted by Gasteiger charge is 2.77. The molecule has 246 valence electrons. The predicted molar refractivity (Wildman–Crippen MR) is 135 cm³/mol.